The van der Waals surface area contributed by atoms with Crippen LogP contribution in [0.5, 0.6) is 0 Å². The Labute approximate surface area is 78.4 Å². The van der Waals surface area contributed by atoms with Gasteiger partial charge in [-0.3, -0.25) is 0 Å². The first kappa shape index (κ1) is 7.57. The van der Waals surface area contributed by atoms with Gasteiger partial charge in [0, 0.05) is 11.8 Å². The Morgan fingerprint density at radius 2 is 1.62 bits per heavy atom. The summed E-state index contributed by atoms with van der Waals surface area (Å²) in [5, 5.41) is 10.3. The number of hydrogen-bond donors (Lipinski definition) is 1. The van der Waals surface area contributed by atoms with Gasteiger partial charge in [0.2, 0.25) is 0 Å². The highest BCUT2D eigenvalue weighted by Crippen LogP contribution is 2.58. The van der Waals surface area contributed by atoms with Crippen molar-refractivity contribution in [3.05, 3.63) is 35.4 Å². The lowest BCUT2D eigenvalue weighted by atomic mass is 9.92. The zero-order chi connectivity index (χ0) is 9.05. The van der Waals surface area contributed by atoms with Gasteiger partial charge in [0.1, 0.15) is 0 Å². The molecule has 2 aliphatic rings. The van der Waals surface area contributed by atoms with E-state index in [-0.39, 0.29) is 0 Å². The molecule has 0 radical (unpaired) electrons. The van der Waals surface area contributed by atoms with Crippen LogP contribution in [0.25, 0.3) is 0 Å². The Morgan fingerprint density at radius 1 is 1.15 bits per heavy atom. The predicted octanol–water partition coefficient (Wildman–Crippen LogP) is 2.41. The van der Waals surface area contributed by atoms with E-state index in [0.717, 1.165) is 12.8 Å². The van der Waals surface area contributed by atoms with E-state index in [9.17, 15) is 5.11 Å². The Kier molecular flexibility index (Phi) is 1.26. The first-order chi connectivity index (χ1) is 6.21. The Morgan fingerprint density at radius 3 is 2.08 bits per heavy atom. The van der Waals surface area contributed by atoms with E-state index in [0.29, 0.717) is 11.8 Å². The SMILES string of the molecule is CC1(O)C2CCC1c1ccccc12. The van der Waals surface area contributed by atoms with Crippen LogP contribution in [0.15, 0.2) is 24.3 Å². The maximum absolute atomic E-state index is 10.3. The first-order valence-corrected chi connectivity index (χ1v) is 5.02. The summed E-state index contributed by atoms with van der Waals surface area (Å²) < 4.78 is 0. The van der Waals surface area contributed by atoms with Gasteiger partial charge < -0.3 is 5.11 Å². The Balaban J connectivity index is 2.23. The molecule has 0 aromatic heterocycles. The quantitative estimate of drug-likeness (QED) is 0.640. The van der Waals surface area contributed by atoms with Crippen molar-refractivity contribution in [2.24, 2.45) is 0 Å². The molecule has 68 valence electrons. The monoisotopic (exact) mass is 174 g/mol. The molecule has 2 aliphatic carbocycles. The molecule has 1 heteroatoms. The molecule has 3 rings (SSSR count). The van der Waals surface area contributed by atoms with Crippen LogP contribution in [0.4, 0.5) is 0 Å². The van der Waals surface area contributed by atoms with Crippen LogP contribution in [0.1, 0.15) is 42.7 Å². The van der Waals surface area contributed by atoms with E-state index >= 15 is 0 Å². The molecular formula is C12H14O. The van der Waals surface area contributed by atoms with Crippen molar-refractivity contribution in [2.75, 3.05) is 0 Å². The van der Waals surface area contributed by atoms with Crippen molar-refractivity contribution in [1.29, 1.82) is 0 Å². The van der Waals surface area contributed by atoms with Crippen LogP contribution >= 0.6 is 0 Å². The van der Waals surface area contributed by atoms with Crippen molar-refractivity contribution >= 4 is 0 Å². The van der Waals surface area contributed by atoms with Crippen LogP contribution in [-0.4, -0.2) is 10.7 Å². The fraction of sp³-hybridized carbons (Fsp3) is 0.500. The number of benzene rings is 1. The topological polar surface area (TPSA) is 20.2 Å². The molecule has 1 N–H and O–H groups in total. The lowest BCUT2D eigenvalue weighted by Crippen LogP contribution is -2.27. The van der Waals surface area contributed by atoms with Gasteiger partial charge in [0.25, 0.3) is 0 Å². The van der Waals surface area contributed by atoms with E-state index in [4.69, 9.17) is 0 Å². The first-order valence-electron chi connectivity index (χ1n) is 5.02. The lowest BCUT2D eigenvalue weighted by Gasteiger charge is -2.22. The molecule has 0 saturated heterocycles. The third kappa shape index (κ3) is 0.761. The fourth-order valence-corrected chi connectivity index (χ4v) is 3.25. The summed E-state index contributed by atoms with van der Waals surface area (Å²) in [6, 6.07) is 8.51. The minimum Gasteiger partial charge on any atom is -0.389 e. The number of aliphatic hydroxyl groups is 1. The Hall–Kier alpha value is -0.820. The van der Waals surface area contributed by atoms with E-state index in [2.05, 4.69) is 24.3 Å². The van der Waals surface area contributed by atoms with Crippen LogP contribution in [0.2, 0.25) is 0 Å². The van der Waals surface area contributed by atoms with Gasteiger partial charge >= 0.3 is 0 Å². The average molecular weight is 174 g/mol. The fourth-order valence-electron chi connectivity index (χ4n) is 3.25. The van der Waals surface area contributed by atoms with Gasteiger partial charge in [-0.25, -0.2) is 0 Å². The largest absolute Gasteiger partial charge is 0.389 e. The maximum atomic E-state index is 10.3. The highest BCUT2D eigenvalue weighted by atomic mass is 16.3. The van der Waals surface area contributed by atoms with Gasteiger partial charge in [0.15, 0.2) is 0 Å². The normalized spacial score (nSPS) is 40.8. The molecular weight excluding hydrogens is 160 g/mol. The van der Waals surface area contributed by atoms with Gasteiger partial charge in [-0.2, -0.15) is 0 Å². The predicted molar refractivity (Wildman–Crippen MR) is 51.8 cm³/mol. The molecule has 2 atom stereocenters. The molecule has 2 unspecified atom stereocenters. The van der Waals surface area contributed by atoms with Crippen LogP contribution < -0.4 is 0 Å². The summed E-state index contributed by atoms with van der Waals surface area (Å²) in [5.41, 5.74) is 2.32. The van der Waals surface area contributed by atoms with E-state index in [1.165, 1.54) is 11.1 Å². The summed E-state index contributed by atoms with van der Waals surface area (Å²) >= 11 is 0. The van der Waals surface area contributed by atoms with Gasteiger partial charge in [-0.1, -0.05) is 24.3 Å². The highest BCUT2D eigenvalue weighted by Gasteiger charge is 2.53. The second-order valence-corrected chi connectivity index (χ2v) is 4.54. The highest BCUT2D eigenvalue weighted by molar-refractivity contribution is 5.46. The van der Waals surface area contributed by atoms with Crippen LogP contribution in [0, 0.1) is 0 Å². The minimum absolute atomic E-state index is 0.397. The van der Waals surface area contributed by atoms with Gasteiger partial charge in [-0.05, 0) is 30.9 Å². The molecule has 1 aromatic carbocycles. The second-order valence-electron chi connectivity index (χ2n) is 4.54. The number of hydrogen-bond acceptors (Lipinski definition) is 1. The minimum atomic E-state index is -0.469. The standard InChI is InChI=1S/C12H14O/c1-12(13)10-6-7-11(12)9-5-3-2-4-8(9)10/h2-5,10-11,13H,6-7H2,1H3. The molecule has 2 bridgehead atoms. The van der Waals surface area contributed by atoms with Crippen molar-refractivity contribution in [3.8, 4) is 0 Å². The smallest absolute Gasteiger partial charge is 0.0756 e. The molecule has 1 fully saturated rings. The zero-order valence-electron chi connectivity index (χ0n) is 7.83. The third-order valence-corrected chi connectivity index (χ3v) is 3.90. The number of fused-ring (bicyclic) bond motifs is 5. The Bertz CT molecular complexity index is 321. The van der Waals surface area contributed by atoms with E-state index < -0.39 is 5.60 Å². The molecule has 13 heavy (non-hydrogen) atoms. The van der Waals surface area contributed by atoms with E-state index in [1.807, 2.05) is 6.92 Å². The summed E-state index contributed by atoms with van der Waals surface area (Å²) in [4.78, 5) is 0. The molecule has 0 heterocycles. The van der Waals surface area contributed by atoms with Gasteiger partial charge in [-0.15, -0.1) is 0 Å². The van der Waals surface area contributed by atoms with Crippen molar-refractivity contribution in [2.45, 2.75) is 37.2 Å². The molecule has 0 amide bonds. The molecule has 0 aliphatic heterocycles. The zero-order valence-corrected chi connectivity index (χ0v) is 7.83. The van der Waals surface area contributed by atoms with Crippen molar-refractivity contribution < 1.29 is 5.11 Å². The lowest BCUT2D eigenvalue weighted by molar-refractivity contribution is 0.0450. The van der Waals surface area contributed by atoms with E-state index in [1.54, 1.807) is 0 Å². The average Bonchev–Trinajstić information content (AvgIpc) is 2.54. The molecule has 1 nitrogen and oxygen atoms in total. The summed E-state index contributed by atoms with van der Waals surface area (Å²) in [6.45, 7) is 2.00. The number of rotatable bonds is 0. The van der Waals surface area contributed by atoms with Gasteiger partial charge in [0.05, 0.1) is 5.60 Å². The van der Waals surface area contributed by atoms with Crippen LogP contribution in [0.3, 0.4) is 0 Å². The van der Waals surface area contributed by atoms with Crippen molar-refractivity contribution in [1.82, 2.24) is 0 Å². The molecule has 1 saturated carbocycles. The summed E-state index contributed by atoms with van der Waals surface area (Å²) in [5.74, 6) is 0.794. The second kappa shape index (κ2) is 2.16. The van der Waals surface area contributed by atoms with Crippen LogP contribution in [-0.2, 0) is 0 Å². The molecule has 1 aromatic rings. The third-order valence-electron chi connectivity index (χ3n) is 3.90. The summed E-state index contributed by atoms with van der Waals surface area (Å²) in [6.07, 6.45) is 2.32. The maximum Gasteiger partial charge on any atom is 0.0756 e. The molecule has 0 spiro atoms. The summed E-state index contributed by atoms with van der Waals surface area (Å²) in [7, 11) is 0. The van der Waals surface area contributed by atoms with Crippen molar-refractivity contribution in [3.63, 3.8) is 0 Å².